The highest BCUT2D eigenvalue weighted by Gasteiger charge is 2.40. The monoisotopic (exact) mass is 471 g/mol. The van der Waals surface area contributed by atoms with Gasteiger partial charge in [0.25, 0.3) is 5.22 Å². The van der Waals surface area contributed by atoms with Crippen molar-refractivity contribution >= 4 is 45.9 Å². The summed E-state index contributed by atoms with van der Waals surface area (Å²) in [5.74, 6) is 0.513. The Hall–Kier alpha value is -3.78. The zero-order chi connectivity index (χ0) is 23.1. The summed E-state index contributed by atoms with van der Waals surface area (Å²) in [6.07, 6.45) is 3.54. The lowest BCUT2D eigenvalue weighted by Crippen LogP contribution is -2.38. The zero-order valence-corrected chi connectivity index (χ0v) is 19.0. The van der Waals surface area contributed by atoms with Crippen LogP contribution in [0.5, 0.6) is 0 Å². The molecule has 6 rings (SSSR count). The number of furan rings is 1. The minimum Gasteiger partial charge on any atom is -0.467 e. The number of allylic oxidation sites excluding steroid dienone is 1. The summed E-state index contributed by atoms with van der Waals surface area (Å²) in [5, 5.41) is 3.88. The lowest BCUT2D eigenvalue weighted by molar-refractivity contribution is -0.117. The van der Waals surface area contributed by atoms with E-state index >= 15 is 0 Å². The summed E-state index contributed by atoms with van der Waals surface area (Å²) in [6, 6.07) is 18.1. The molecule has 0 radical (unpaired) electrons. The molecule has 0 fully saturated rings. The van der Waals surface area contributed by atoms with Crippen LogP contribution in [0, 0.1) is 0 Å². The van der Waals surface area contributed by atoms with E-state index in [1.54, 1.807) is 17.2 Å². The van der Waals surface area contributed by atoms with E-state index in [4.69, 9.17) is 8.83 Å². The van der Waals surface area contributed by atoms with Crippen molar-refractivity contribution in [3.8, 4) is 0 Å². The molecular formula is C26H21N3O4S. The fraction of sp³-hybridized carbons (Fsp3) is 0.192. The van der Waals surface area contributed by atoms with Gasteiger partial charge in [0.15, 0.2) is 11.4 Å². The Labute approximate surface area is 199 Å². The molecular weight excluding hydrogens is 450 g/mol. The number of ketones is 1. The predicted octanol–water partition coefficient (Wildman–Crippen LogP) is 5.72. The number of nitrogens with one attached hydrogen (secondary N) is 1. The van der Waals surface area contributed by atoms with E-state index in [0.29, 0.717) is 34.2 Å². The van der Waals surface area contributed by atoms with Gasteiger partial charge in [0.2, 0.25) is 5.91 Å². The quantitative estimate of drug-likeness (QED) is 0.381. The normalized spacial score (nSPS) is 17.8. The Morgan fingerprint density at radius 1 is 1.09 bits per heavy atom. The number of nitrogens with zero attached hydrogens (tertiary/aromatic N) is 2. The number of oxazole rings is 1. The van der Waals surface area contributed by atoms with E-state index in [1.807, 2.05) is 54.6 Å². The van der Waals surface area contributed by atoms with Gasteiger partial charge in [-0.3, -0.25) is 14.5 Å². The topological polar surface area (TPSA) is 88.6 Å². The van der Waals surface area contributed by atoms with Gasteiger partial charge in [-0.2, -0.15) is 0 Å². The largest absolute Gasteiger partial charge is 0.467 e. The van der Waals surface area contributed by atoms with Crippen molar-refractivity contribution in [1.82, 2.24) is 4.98 Å². The summed E-state index contributed by atoms with van der Waals surface area (Å²) in [5.41, 5.74) is 4.37. The summed E-state index contributed by atoms with van der Waals surface area (Å²) in [7, 11) is 0. The van der Waals surface area contributed by atoms with Gasteiger partial charge in [0.05, 0.1) is 23.4 Å². The zero-order valence-electron chi connectivity index (χ0n) is 18.2. The van der Waals surface area contributed by atoms with Crippen LogP contribution >= 0.6 is 11.8 Å². The van der Waals surface area contributed by atoms with Crippen LogP contribution in [0.1, 0.15) is 31.1 Å². The molecule has 7 nitrogen and oxygen atoms in total. The Kier molecular flexibility index (Phi) is 5.22. The lowest BCUT2D eigenvalue weighted by atomic mass is 9.88. The molecule has 1 aliphatic heterocycles. The van der Waals surface area contributed by atoms with E-state index in [9.17, 15) is 9.59 Å². The number of hydrogen-bond donors (Lipinski definition) is 1. The smallest absolute Gasteiger partial charge is 0.257 e. The number of para-hydroxylation sites is 4. The van der Waals surface area contributed by atoms with Crippen LogP contribution in [0.3, 0.4) is 0 Å². The fourth-order valence-electron chi connectivity index (χ4n) is 4.63. The van der Waals surface area contributed by atoms with Crippen molar-refractivity contribution in [2.24, 2.45) is 0 Å². The Bertz CT molecular complexity index is 1390. The van der Waals surface area contributed by atoms with Crippen LogP contribution in [0.2, 0.25) is 0 Å². The average Bonchev–Trinajstić information content (AvgIpc) is 3.49. The number of carbonyl (C=O) groups excluding carboxylic acids is 2. The minimum atomic E-state index is -0.648. The molecule has 0 spiro atoms. The molecule has 34 heavy (non-hydrogen) atoms. The number of fused-ring (bicyclic) bond motifs is 2. The van der Waals surface area contributed by atoms with Crippen molar-refractivity contribution < 1.29 is 18.4 Å². The number of aromatic nitrogens is 1. The third-order valence-corrected chi connectivity index (χ3v) is 6.92. The van der Waals surface area contributed by atoms with E-state index in [2.05, 4.69) is 10.3 Å². The first kappa shape index (κ1) is 20.8. The summed E-state index contributed by atoms with van der Waals surface area (Å²) < 4.78 is 11.6. The molecule has 170 valence electrons. The lowest BCUT2D eigenvalue weighted by Gasteiger charge is -2.32. The van der Waals surface area contributed by atoms with Gasteiger partial charge in [-0.15, -0.1) is 0 Å². The highest BCUT2D eigenvalue weighted by atomic mass is 32.2. The number of amides is 1. The van der Waals surface area contributed by atoms with Gasteiger partial charge in [-0.05, 0) is 49.2 Å². The first-order chi connectivity index (χ1) is 16.7. The van der Waals surface area contributed by atoms with Gasteiger partial charge in [-0.25, -0.2) is 4.98 Å². The minimum absolute atomic E-state index is 0.0346. The highest BCUT2D eigenvalue weighted by molar-refractivity contribution is 7.99. The van der Waals surface area contributed by atoms with E-state index in [-0.39, 0.29) is 17.4 Å². The second-order valence-electron chi connectivity index (χ2n) is 8.23. The molecule has 8 heteroatoms. The van der Waals surface area contributed by atoms with Crippen molar-refractivity contribution in [3.63, 3.8) is 0 Å². The van der Waals surface area contributed by atoms with Gasteiger partial charge in [0, 0.05) is 17.7 Å². The van der Waals surface area contributed by atoms with Crippen molar-refractivity contribution in [2.45, 2.75) is 30.5 Å². The maximum absolute atomic E-state index is 13.8. The number of Topliss-reactive ketones (excluding diaryl/α,β-unsaturated/α-hetero) is 1. The van der Waals surface area contributed by atoms with E-state index in [1.165, 1.54) is 11.8 Å². The second kappa shape index (κ2) is 8.53. The van der Waals surface area contributed by atoms with Gasteiger partial charge < -0.3 is 14.2 Å². The maximum atomic E-state index is 13.8. The number of hydrogen-bond acceptors (Lipinski definition) is 7. The molecule has 1 atom stereocenters. The average molecular weight is 472 g/mol. The predicted molar refractivity (Wildman–Crippen MR) is 130 cm³/mol. The van der Waals surface area contributed by atoms with Crippen LogP contribution < -0.4 is 10.2 Å². The van der Waals surface area contributed by atoms with Crippen LogP contribution in [-0.4, -0.2) is 22.4 Å². The van der Waals surface area contributed by atoms with Gasteiger partial charge in [0.1, 0.15) is 17.3 Å². The van der Waals surface area contributed by atoms with Crippen LogP contribution in [0.15, 0.2) is 92.3 Å². The summed E-state index contributed by atoms with van der Waals surface area (Å²) in [4.78, 5) is 33.2. The summed E-state index contributed by atoms with van der Waals surface area (Å²) >= 11 is 1.24. The standard InChI is InChI=1S/C26H21N3O4S/c30-20-11-5-9-18-24(20)25(22-13-6-14-32-22)29(19-10-3-1-7-16(19)27-18)23(31)15-34-26-28-17-8-2-4-12-21(17)33-26/h1-4,6-8,10,12-14,25,27H,5,9,11,15H2/t25-/m0/s1. The number of carbonyl (C=O) groups is 2. The van der Waals surface area contributed by atoms with Crippen molar-refractivity contribution in [2.75, 3.05) is 16.0 Å². The number of anilines is 2. The Morgan fingerprint density at radius 3 is 2.79 bits per heavy atom. The molecule has 2 aromatic heterocycles. The molecule has 0 bridgehead atoms. The molecule has 2 aliphatic rings. The van der Waals surface area contributed by atoms with Crippen molar-refractivity contribution in [3.05, 3.63) is 84.0 Å². The van der Waals surface area contributed by atoms with Crippen molar-refractivity contribution in [1.29, 1.82) is 0 Å². The second-order valence-corrected chi connectivity index (χ2v) is 9.16. The van der Waals surface area contributed by atoms with E-state index in [0.717, 1.165) is 29.7 Å². The van der Waals surface area contributed by atoms with Crippen LogP contribution in [0.4, 0.5) is 11.4 Å². The van der Waals surface area contributed by atoms with Crippen LogP contribution in [-0.2, 0) is 9.59 Å². The first-order valence-corrected chi connectivity index (χ1v) is 12.1. The Balaban J connectivity index is 1.41. The van der Waals surface area contributed by atoms with E-state index < -0.39 is 6.04 Å². The molecule has 1 amide bonds. The number of benzene rings is 2. The van der Waals surface area contributed by atoms with Gasteiger partial charge in [-0.1, -0.05) is 36.0 Å². The molecule has 0 saturated carbocycles. The third-order valence-electron chi connectivity index (χ3n) is 6.11. The SMILES string of the molecule is O=C1CCCC2=C1[C@H](c1ccco1)N(C(=O)CSc1nc3ccccc3o1)c1ccccc1N2. The molecule has 3 heterocycles. The molecule has 0 unspecified atom stereocenters. The van der Waals surface area contributed by atoms with Crippen LogP contribution in [0.25, 0.3) is 11.1 Å². The molecule has 1 N–H and O–H groups in total. The number of rotatable bonds is 4. The number of thioether (sulfide) groups is 1. The molecule has 2 aromatic carbocycles. The molecule has 0 saturated heterocycles. The highest BCUT2D eigenvalue weighted by Crippen LogP contribution is 2.45. The third kappa shape index (κ3) is 3.60. The maximum Gasteiger partial charge on any atom is 0.257 e. The Morgan fingerprint density at radius 2 is 1.94 bits per heavy atom. The molecule has 1 aliphatic carbocycles. The summed E-state index contributed by atoms with van der Waals surface area (Å²) in [6.45, 7) is 0. The first-order valence-electron chi connectivity index (χ1n) is 11.1. The van der Waals surface area contributed by atoms with Gasteiger partial charge >= 0.3 is 0 Å². The fourth-order valence-corrected chi connectivity index (χ4v) is 5.33. The molecule has 4 aromatic rings.